The molecule has 0 unspecified atom stereocenters. The minimum absolute atomic E-state index is 0.560. The van der Waals surface area contributed by atoms with Crippen LogP contribution in [0.15, 0.2) is 28.8 Å². The van der Waals surface area contributed by atoms with E-state index in [0.717, 1.165) is 23.2 Å². The highest BCUT2D eigenvalue weighted by atomic mass is 16.3. The van der Waals surface area contributed by atoms with Crippen molar-refractivity contribution in [3.8, 4) is 0 Å². The molecule has 0 spiro atoms. The van der Waals surface area contributed by atoms with Gasteiger partial charge in [-0.1, -0.05) is 0 Å². The number of nitrogens with zero attached hydrogens (tertiary/aromatic N) is 3. The lowest BCUT2D eigenvalue weighted by atomic mass is 10.3. The molecule has 0 aromatic carbocycles. The number of furan rings is 1. The number of hydrogen-bond acceptors (Lipinski definition) is 5. The fourth-order valence-electron chi connectivity index (χ4n) is 1.74. The Morgan fingerprint density at radius 1 is 1.33 bits per heavy atom. The van der Waals surface area contributed by atoms with Crippen LogP contribution in [0.5, 0.6) is 0 Å². The monoisotopic (exact) mass is 246 g/mol. The van der Waals surface area contributed by atoms with Gasteiger partial charge in [0.15, 0.2) is 0 Å². The molecule has 5 heteroatoms. The van der Waals surface area contributed by atoms with E-state index < -0.39 is 0 Å². The third-order valence-electron chi connectivity index (χ3n) is 2.64. The Labute approximate surface area is 107 Å². The van der Waals surface area contributed by atoms with Crippen LogP contribution in [-0.4, -0.2) is 23.6 Å². The van der Waals surface area contributed by atoms with Crippen LogP contribution in [0.3, 0.4) is 0 Å². The van der Waals surface area contributed by atoms with E-state index >= 15 is 0 Å². The van der Waals surface area contributed by atoms with E-state index in [2.05, 4.69) is 9.97 Å². The summed E-state index contributed by atoms with van der Waals surface area (Å²) in [6.07, 6.45) is 2.46. The molecule has 0 atom stereocenters. The highest BCUT2D eigenvalue weighted by Gasteiger charge is 2.07. The number of hydrogen-bond donors (Lipinski definition) is 1. The number of anilines is 1. The fraction of sp³-hybridized carbons (Fsp3) is 0.385. The Morgan fingerprint density at radius 3 is 2.83 bits per heavy atom. The second-order valence-electron chi connectivity index (χ2n) is 4.24. The molecular formula is C13H18N4O. The third-order valence-corrected chi connectivity index (χ3v) is 2.64. The first-order valence-electron chi connectivity index (χ1n) is 5.97. The first-order valence-corrected chi connectivity index (χ1v) is 5.97. The quantitative estimate of drug-likeness (QED) is 0.866. The van der Waals surface area contributed by atoms with Gasteiger partial charge in [0.05, 0.1) is 6.54 Å². The predicted octanol–water partition coefficient (Wildman–Crippen LogP) is 1.52. The SMILES string of the molecule is Cc1ccc(CN(C)c2ccnc(CCN)n2)o1. The summed E-state index contributed by atoms with van der Waals surface area (Å²) in [4.78, 5) is 10.7. The van der Waals surface area contributed by atoms with Crippen LogP contribution >= 0.6 is 0 Å². The van der Waals surface area contributed by atoms with Crippen molar-refractivity contribution in [2.75, 3.05) is 18.5 Å². The zero-order valence-electron chi connectivity index (χ0n) is 10.8. The minimum atomic E-state index is 0.560. The topological polar surface area (TPSA) is 68.2 Å². The van der Waals surface area contributed by atoms with Crippen molar-refractivity contribution in [1.29, 1.82) is 0 Å². The summed E-state index contributed by atoms with van der Waals surface area (Å²) in [5.74, 6) is 3.50. The number of rotatable bonds is 5. The maximum absolute atomic E-state index is 5.55. The molecule has 2 aromatic heterocycles. The van der Waals surface area contributed by atoms with Crippen molar-refractivity contribution in [1.82, 2.24) is 9.97 Å². The number of nitrogens with two attached hydrogens (primary N) is 1. The smallest absolute Gasteiger partial charge is 0.132 e. The van der Waals surface area contributed by atoms with E-state index in [1.165, 1.54) is 0 Å². The van der Waals surface area contributed by atoms with Crippen molar-refractivity contribution in [3.63, 3.8) is 0 Å². The van der Waals surface area contributed by atoms with Gasteiger partial charge in [-0.15, -0.1) is 0 Å². The lowest BCUT2D eigenvalue weighted by Gasteiger charge is -2.17. The van der Waals surface area contributed by atoms with Crippen LogP contribution in [0.25, 0.3) is 0 Å². The molecule has 0 radical (unpaired) electrons. The fourth-order valence-corrected chi connectivity index (χ4v) is 1.74. The molecule has 5 nitrogen and oxygen atoms in total. The van der Waals surface area contributed by atoms with Crippen molar-refractivity contribution in [2.45, 2.75) is 19.9 Å². The lowest BCUT2D eigenvalue weighted by Crippen LogP contribution is -2.18. The molecule has 0 aliphatic heterocycles. The minimum Gasteiger partial charge on any atom is -0.464 e. The molecule has 96 valence electrons. The number of aryl methyl sites for hydroxylation is 1. The Morgan fingerprint density at radius 2 is 2.17 bits per heavy atom. The summed E-state index contributed by atoms with van der Waals surface area (Å²) in [5.41, 5.74) is 5.50. The standard InChI is InChI=1S/C13H18N4O/c1-10-3-4-11(18-10)9-17(2)13-6-8-15-12(16-13)5-7-14/h3-4,6,8H,5,7,9,14H2,1-2H3. The van der Waals surface area contributed by atoms with E-state index in [9.17, 15) is 0 Å². The Kier molecular flexibility index (Phi) is 3.94. The molecule has 0 aliphatic rings. The first-order chi connectivity index (χ1) is 8.69. The molecule has 2 N–H and O–H groups in total. The predicted molar refractivity (Wildman–Crippen MR) is 70.3 cm³/mol. The van der Waals surface area contributed by atoms with E-state index in [1.807, 2.05) is 37.1 Å². The van der Waals surface area contributed by atoms with E-state index in [1.54, 1.807) is 6.20 Å². The molecule has 18 heavy (non-hydrogen) atoms. The molecule has 2 heterocycles. The van der Waals surface area contributed by atoms with Crippen LogP contribution in [0.1, 0.15) is 17.3 Å². The van der Waals surface area contributed by atoms with Crippen molar-refractivity contribution in [3.05, 3.63) is 41.7 Å². The van der Waals surface area contributed by atoms with Gasteiger partial charge in [-0.25, -0.2) is 9.97 Å². The first kappa shape index (κ1) is 12.6. The molecule has 0 saturated heterocycles. The van der Waals surface area contributed by atoms with E-state index in [-0.39, 0.29) is 0 Å². The van der Waals surface area contributed by atoms with Gasteiger partial charge < -0.3 is 15.1 Å². The normalized spacial score (nSPS) is 10.6. The molecule has 0 bridgehead atoms. The second-order valence-corrected chi connectivity index (χ2v) is 4.24. The summed E-state index contributed by atoms with van der Waals surface area (Å²) in [6.45, 7) is 3.19. The third kappa shape index (κ3) is 3.07. The number of aromatic nitrogens is 2. The summed E-state index contributed by atoms with van der Waals surface area (Å²) < 4.78 is 5.55. The lowest BCUT2D eigenvalue weighted by molar-refractivity contribution is 0.481. The molecule has 0 saturated carbocycles. The zero-order chi connectivity index (χ0) is 13.0. The molecular weight excluding hydrogens is 228 g/mol. The van der Waals surface area contributed by atoms with E-state index in [4.69, 9.17) is 10.2 Å². The molecule has 0 fully saturated rings. The van der Waals surface area contributed by atoms with Gasteiger partial charge in [0.1, 0.15) is 23.2 Å². The summed E-state index contributed by atoms with van der Waals surface area (Å²) in [6, 6.07) is 5.83. The van der Waals surface area contributed by atoms with Gasteiger partial charge in [-0.2, -0.15) is 0 Å². The second kappa shape index (κ2) is 5.64. The van der Waals surface area contributed by atoms with Crippen LogP contribution < -0.4 is 10.6 Å². The van der Waals surface area contributed by atoms with Crippen LogP contribution in [-0.2, 0) is 13.0 Å². The average Bonchev–Trinajstić information content (AvgIpc) is 2.75. The Bertz CT molecular complexity index is 509. The summed E-state index contributed by atoms with van der Waals surface area (Å²) in [7, 11) is 1.98. The van der Waals surface area contributed by atoms with Crippen molar-refractivity contribution in [2.24, 2.45) is 5.73 Å². The zero-order valence-corrected chi connectivity index (χ0v) is 10.8. The Balaban J connectivity index is 2.08. The summed E-state index contributed by atoms with van der Waals surface area (Å²) in [5, 5.41) is 0. The largest absolute Gasteiger partial charge is 0.464 e. The van der Waals surface area contributed by atoms with Gasteiger partial charge in [0, 0.05) is 19.7 Å². The van der Waals surface area contributed by atoms with Crippen LogP contribution in [0.2, 0.25) is 0 Å². The highest BCUT2D eigenvalue weighted by molar-refractivity contribution is 5.36. The Hall–Kier alpha value is -1.88. The highest BCUT2D eigenvalue weighted by Crippen LogP contribution is 2.14. The van der Waals surface area contributed by atoms with Gasteiger partial charge in [0.25, 0.3) is 0 Å². The maximum Gasteiger partial charge on any atom is 0.132 e. The molecule has 0 amide bonds. The van der Waals surface area contributed by atoms with E-state index in [0.29, 0.717) is 19.5 Å². The van der Waals surface area contributed by atoms with Gasteiger partial charge in [0.2, 0.25) is 0 Å². The molecule has 2 aromatic rings. The van der Waals surface area contributed by atoms with Gasteiger partial charge in [-0.3, -0.25) is 0 Å². The summed E-state index contributed by atoms with van der Waals surface area (Å²) >= 11 is 0. The average molecular weight is 246 g/mol. The van der Waals surface area contributed by atoms with Gasteiger partial charge >= 0.3 is 0 Å². The van der Waals surface area contributed by atoms with Crippen molar-refractivity contribution < 1.29 is 4.42 Å². The van der Waals surface area contributed by atoms with Crippen LogP contribution in [0.4, 0.5) is 5.82 Å². The van der Waals surface area contributed by atoms with Crippen molar-refractivity contribution >= 4 is 5.82 Å². The maximum atomic E-state index is 5.55. The van der Waals surface area contributed by atoms with Crippen LogP contribution in [0, 0.1) is 6.92 Å². The molecule has 2 rings (SSSR count). The van der Waals surface area contributed by atoms with Gasteiger partial charge in [-0.05, 0) is 31.7 Å². The molecule has 0 aliphatic carbocycles.